The number of ether oxygens (including phenoxy) is 1. The fourth-order valence-corrected chi connectivity index (χ4v) is 2.81. The summed E-state index contributed by atoms with van der Waals surface area (Å²) in [5.74, 6) is 5.41. The van der Waals surface area contributed by atoms with Gasteiger partial charge in [0.15, 0.2) is 11.6 Å². The average Bonchev–Trinajstić information content (AvgIpc) is 2.78. The van der Waals surface area contributed by atoms with E-state index in [0.717, 1.165) is 0 Å². The van der Waals surface area contributed by atoms with Gasteiger partial charge in [-0.2, -0.15) is 0 Å². The summed E-state index contributed by atoms with van der Waals surface area (Å²) in [4.78, 5) is 28.2. The van der Waals surface area contributed by atoms with E-state index in [-0.39, 0.29) is 17.6 Å². The number of thiophene rings is 1. The minimum Gasteiger partial charge on any atom is -0.462 e. The quantitative estimate of drug-likeness (QED) is 0.517. The van der Waals surface area contributed by atoms with E-state index in [0.29, 0.717) is 27.4 Å². The van der Waals surface area contributed by atoms with Gasteiger partial charge in [0.1, 0.15) is 15.2 Å². The van der Waals surface area contributed by atoms with Gasteiger partial charge in [0, 0.05) is 12.5 Å². The number of aryl methyl sites for hydroxylation is 1. The molecular formula is C11H13N3O3S. The number of hydrogen-bond donors (Lipinski definition) is 1. The van der Waals surface area contributed by atoms with Crippen molar-refractivity contribution in [2.24, 2.45) is 0 Å². The number of esters is 1. The van der Waals surface area contributed by atoms with Crippen LogP contribution >= 0.6 is 11.3 Å². The van der Waals surface area contributed by atoms with Gasteiger partial charge in [-0.3, -0.25) is 4.79 Å². The first kappa shape index (κ1) is 12.6. The van der Waals surface area contributed by atoms with Gasteiger partial charge in [-0.1, -0.05) is 0 Å². The van der Waals surface area contributed by atoms with Crippen molar-refractivity contribution in [3.8, 4) is 0 Å². The molecule has 0 aromatic carbocycles. The molecule has 0 saturated carbocycles. The van der Waals surface area contributed by atoms with Gasteiger partial charge in [0.05, 0.1) is 6.61 Å². The number of ketones is 1. The number of nitrogen functional groups attached to an aromatic ring is 1. The number of carbonyl (C=O) groups excluding carboxylic acids is 2. The topological polar surface area (TPSA) is 87.2 Å². The van der Waals surface area contributed by atoms with Gasteiger partial charge in [-0.05, 0) is 13.8 Å². The van der Waals surface area contributed by atoms with Gasteiger partial charge < -0.3 is 10.6 Å². The molecule has 0 saturated heterocycles. The van der Waals surface area contributed by atoms with Crippen LogP contribution in [-0.4, -0.2) is 28.0 Å². The zero-order valence-electron chi connectivity index (χ0n) is 10.3. The Bertz CT molecular complexity index is 642. The molecule has 0 aliphatic rings. The summed E-state index contributed by atoms with van der Waals surface area (Å²) in [5, 5.41) is 0. The van der Waals surface area contributed by atoms with E-state index in [1.54, 1.807) is 13.8 Å². The lowest BCUT2D eigenvalue weighted by Crippen LogP contribution is -2.16. The van der Waals surface area contributed by atoms with Crippen molar-refractivity contribution in [3.63, 3.8) is 0 Å². The van der Waals surface area contributed by atoms with Crippen LogP contribution in [0, 0.1) is 6.92 Å². The zero-order chi connectivity index (χ0) is 13.4. The van der Waals surface area contributed by atoms with Crippen LogP contribution in [0.1, 0.15) is 39.7 Å². The van der Waals surface area contributed by atoms with Gasteiger partial charge in [-0.15, -0.1) is 11.3 Å². The zero-order valence-corrected chi connectivity index (χ0v) is 11.1. The molecule has 0 spiro atoms. The standard InChI is InChI=1S/C11H13N3O3S/c1-4-17-11(16)8-5(2)7-10(18-8)13-9(6(3)15)14(7)12/h4,12H2,1-3H3. The van der Waals surface area contributed by atoms with Crippen LogP contribution in [0.3, 0.4) is 0 Å². The highest BCUT2D eigenvalue weighted by atomic mass is 32.1. The number of rotatable bonds is 3. The Kier molecular flexibility index (Phi) is 3.08. The first-order valence-electron chi connectivity index (χ1n) is 5.42. The maximum absolute atomic E-state index is 11.7. The minimum atomic E-state index is -0.387. The molecule has 0 fully saturated rings. The molecule has 0 aliphatic heterocycles. The number of imidazole rings is 1. The maximum Gasteiger partial charge on any atom is 0.348 e. The Morgan fingerprint density at radius 3 is 2.67 bits per heavy atom. The van der Waals surface area contributed by atoms with Crippen molar-refractivity contribution in [3.05, 3.63) is 16.3 Å². The third-order valence-corrected chi connectivity index (χ3v) is 3.70. The molecule has 96 valence electrons. The molecule has 2 aromatic heterocycles. The van der Waals surface area contributed by atoms with E-state index in [4.69, 9.17) is 10.6 Å². The van der Waals surface area contributed by atoms with Crippen molar-refractivity contribution in [1.82, 2.24) is 9.66 Å². The van der Waals surface area contributed by atoms with Gasteiger partial charge in [-0.25, -0.2) is 14.5 Å². The van der Waals surface area contributed by atoms with Crippen LogP contribution < -0.4 is 5.84 Å². The molecule has 0 aliphatic carbocycles. The lowest BCUT2D eigenvalue weighted by atomic mass is 10.2. The van der Waals surface area contributed by atoms with Crippen LogP contribution in [0.15, 0.2) is 0 Å². The minimum absolute atomic E-state index is 0.190. The third kappa shape index (κ3) is 1.76. The number of nitrogens with two attached hydrogens (primary N) is 1. The highest BCUT2D eigenvalue weighted by Gasteiger charge is 2.23. The lowest BCUT2D eigenvalue weighted by Gasteiger charge is -2.01. The number of carbonyl (C=O) groups is 2. The van der Waals surface area contributed by atoms with E-state index in [1.165, 1.54) is 22.9 Å². The Balaban J connectivity index is 2.60. The van der Waals surface area contributed by atoms with Crippen molar-refractivity contribution in [2.75, 3.05) is 12.4 Å². The summed E-state index contributed by atoms with van der Waals surface area (Å²) >= 11 is 1.19. The lowest BCUT2D eigenvalue weighted by molar-refractivity contribution is 0.0531. The highest BCUT2D eigenvalue weighted by molar-refractivity contribution is 7.20. The molecule has 2 heterocycles. The van der Waals surface area contributed by atoms with Crippen LogP contribution in [0.25, 0.3) is 10.3 Å². The first-order chi connectivity index (χ1) is 8.47. The Morgan fingerprint density at radius 1 is 1.50 bits per heavy atom. The normalized spacial score (nSPS) is 10.8. The number of aromatic nitrogens is 2. The predicted octanol–water partition coefficient (Wildman–Crippen LogP) is 1.50. The predicted molar refractivity (Wildman–Crippen MR) is 68.5 cm³/mol. The van der Waals surface area contributed by atoms with Crippen LogP contribution in [-0.2, 0) is 4.74 Å². The Labute approximate surface area is 107 Å². The molecule has 6 nitrogen and oxygen atoms in total. The maximum atomic E-state index is 11.7. The van der Waals surface area contributed by atoms with Crippen LogP contribution in [0.5, 0.6) is 0 Å². The molecule has 18 heavy (non-hydrogen) atoms. The van der Waals surface area contributed by atoms with Crippen LogP contribution in [0.2, 0.25) is 0 Å². The van der Waals surface area contributed by atoms with E-state index in [9.17, 15) is 9.59 Å². The van der Waals surface area contributed by atoms with E-state index >= 15 is 0 Å². The summed E-state index contributed by atoms with van der Waals surface area (Å²) in [6.45, 7) is 5.22. The molecule has 7 heteroatoms. The Hall–Kier alpha value is -1.89. The summed E-state index contributed by atoms with van der Waals surface area (Å²) in [7, 11) is 0. The van der Waals surface area contributed by atoms with Crippen molar-refractivity contribution < 1.29 is 14.3 Å². The van der Waals surface area contributed by atoms with Crippen molar-refractivity contribution in [1.29, 1.82) is 0 Å². The molecule has 0 atom stereocenters. The molecule has 2 N–H and O–H groups in total. The van der Waals surface area contributed by atoms with Gasteiger partial charge in [0.25, 0.3) is 0 Å². The summed E-state index contributed by atoms with van der Waals surface area (Å²) < 4.78 is 6.18. The summed E-state index contributed by atoms with van der Waals surface area (Å²) in [6.07, 6.45) is 0. The molecule has 2 aromatic rings. The smallest absolute Gasteiger partial charge is 0.348 e. The van der Waals surface area contributed by atoms with Crippen molar-refractivity contribution in [2.45, 2.75) is 20.8 Å². The Morgan fingerprint density at radius 2 is 2.17 bits per heavy atom. The molecule has 0 unspecified atom stereocenters. The fraction of sp³-hybridized carbons (Fsp3) is 0.364. The fourth-order valence-electron chi connectivity index (χ4n) is 1.74. The summed E-state index contributed by atoms with van der Waals surface area (Å²) in [6, 6.07) is 0. The van der Waals surface area contributed by atoms with Gasteiger partial charge in [0.2, 0.25) is 0 Å². The highest BCUT2D eigenvalue weighted by Crippen LogP contribution is 2.30. The third-order valence-electron chi connectivity index (χ3n) is 2.55. The molecule has 0 radical (unpaired) electrons. The summed E-state index contributed by atoms with van der Waals surface area (Å²) in [5.41, 5.74) is 1.30. The number of Topliss-reactive ketones (excluding diaryl/α,β-unsaturated/α-hetero) is 1. The number of nitrogens with zero attached hydrogens (tertiary/aromatic N) is 2. The second-order valence-corrected chi connectivity index (χ2v) is 4.79. The molecule has 2 rings (SSSR count). The van der Waals surface area contributed by atoms with Crippen LogP contribution in [0.4, 0.5) is 0 Å². The molecule has 0 bridgehead atoms. The molecular weight excluding hydrogens is 254 g/mol. The van der Waals surface area contributed by atoms with E-state index < -0.39 is 0 Å². The second kappa shape index (κ2) is 4.41. The number of fused-ring (bicyclic) bond motifs is 1. The SMILES string of the molecule is CCOC(=O)c1sc2nc(C(C)=O)n(N)c2c1C. The second-order valence-electron chi connectivity index (χ2n) is 3.79. The number of hydrogen-bond acceptors (Lipinski definition) is 6. The largest absolute Gasteiger partial charge is 0.462 e. The van der Waals surface area contributed by atoms with E-state index in [2.05, 4.69) is 4.98 Å². The van der Waals surface area contributed by atoms with Gasteiger partial charge >= 0.3 is 5.97 Å². The van der Waals surface area contributed by atoms with Crippen molar-refractivity contribution >= 4 is 33.4 Å². The monoisotopic (exact) mass is 267 g/mol. The first-order valence-corrected chi connectivity index (χ1v) is 6.24. The van der Waals surface area contributed by atoms with E-state index in [1.807, 2.05) is 0 Å². The molecule has 0 amide bonds. The average molecular weight is 267 g/mol.